The van der Waals surface area contributed by atoms with Crippen molar-refractivity contribution >= 4 is 17.5 Å². The van der Waals surface area contributed by atoms with Gasteiger partial charge in [0.15, 0.2) is 0 Å². The van der Waals surface area contributed by atoms with Crippen LogP contribution in [-0.2, 0) is 19.9 Å². The number of ether oxygens (including phenoxy) is 1. The summed E-state index contributed by atoms with van der Waals surface area (Å²) in [6, 6.07) is 6.96. The lowest BCUT2D eigenvalue weighted by molar-refractivity contribution is -0.156. The second-order valence-corrected chi connectivity index (χ2v) is 4.60. The molecule has 0 radical (unpaired) electrons. The van der Waals surface area contributed by atoms with Gasteiger partial charge < -0.3 is 15.8 Å². The third-order valence-electron chi connectivity index (χ3n) is 3.29. The summed E-state index contributed by atoms with van der Waals surface area (Å²) in [6.07, 6.45) is 2.81. The van der Waals surface area contributed by atoms with Crippen LogP contribution >= 0.6 is 0 Å². The van der Waals surface area contributed by atoms with E-state index in [1.54, 1.807) is 24.3 Å². The van der Waals surface area contributed by atoms with Gasteiger partial charge in [-0.25, -0.2) is 0 Å². The van der Waals surface area contributed by atoms with E-state index >= 15 is 0 Å². The van der Waals surface area contributed by atoms with E-state index < -0.39 is 17.4 Å². The average Bonchev–Trinajstić information content (AvgIpc) is 2.68. The monoisotopic (exact) mass is 262 g/mol. The van der Waals surface area contributed by atoms with E-state index in [4.69, 9.17) is 10.5 Å². The molecule has 1 aromatic carbocycles. The number of hydrogen-bond acceptors (Lipinski definition) is 3. The number of para-hydroxylation sites is 1. The van der Waals surface area contributed by atoms with E-state index in [0.29, 0.717) is 17.9 Å². The molecular weight excluding hydrogens is 244 g/mol. The van der Waals surface area contributed by atoms with E-state index in [1.807, 2.05) is 0 Å². The fraction of sp³-hybridized carbons (Fsp3) is 0.429. The van der Waals surface area contributed by atoms with Crippen LogP contribution in [0.2, 0.25) is 0 Å². The van der Waals surface area contributed by atoms with Gasteiger partial charge in [0.2, 0.25) is 0 Å². The van der Waals surface area contributed by atoms with Gasteiger partial charge >= 0.3 is 0 Å². The first-order valence-corrected chi connectivity index (χ1v) is 6.47. The van der Waals surface area contributed by atoms with Gasteiger partial charge in [0.25, 0.3) is 17.4 Å². The summed E-state index contributed by atoms with van der Waals surface area (Å²) in [5.41, 5.74) is 4.84. The van der Waals surface area contributed by atoms with Crippen LogP contribution in [0.3, 0.4) is 0 Å². The maximum atomic E-state index is 12.1. The van der Waals surface area contributed by atoms with Gasteiger partial charge in [-0.15, -0.1) is 0 Å². The Labute approximate surface area is 112 Å². The number of benzene rings is 1. The number of unbranched alkanes of at least 4 members (excludes halogenated alkanes) is 2. The van der Waals surface area contributed by atoms with Crippen LogP contribution in [0, 0.1) is 0 Å². The molecule has 102 valence electrons. The number of nitrogens with two attached hydrogens (primary N) is 1. The zero-order chi connectivity index (χ0) is 13.9. The van der Waals surface area contributed by atoms with E-state index in [9.17, 15) is 9.59 Å². The summed E-state index contributed by atoms with van der Waals surface area (Å²) in [7, 11) is 0. The SMILES string of the molecule is CCCCCOC1(C(N)=O)C(=O)Nc2ccccc21. The Morgan fingerprint density at radius 3 is 2.79 bits per heavy atom. The van der Waals surface area contributed by atoms with Crippen molar-refractivity contribution in [3.63, 3.8) is 0 Å². The van der Waals surface area contributed by atoms with Crippen LogP contribution < -0.4 is 11.1 Å². The number of amides is 2. The molecule has 2 amide bonds. The number of primary amides is 1. The van der Waals surface area contributed by atoms with Gasteiger partial charge in [-0.05, 0) is 12.5 Å². The molecule has 0 fully saturated rings. The molecule has 0 spiro atoms. The molecule has 1 heterocycles. The Morgan fingerprint density at radius 2 is 2.11 bits per heavy atom. The van der Waals surface area contributed by atoms with Crippen molar-refractivity contribution in [2.45, 2.75) is 31.8 Å². The second-order valence-electron chi connectivity index (χ2n) is 4.60. The molecule has 5 heteroatoms. The zero-order valence-corrected chi connectivity index (χ0v) is 10.9. The normalized spacial score (nSPS) is 21.0. The number of fused-ring (bicyclic) bond motifs is 1. The van der Waals surface area contributed by atoms with Crippen molar-refractivity contribution in [2.75, 3.05) is 11.9 Å². The van der Waals surface area contributed by atoms with Crippen molar-refractivity contribution in [2.24, 2.45) is 5.73 Å². The molecule has 0 aliphatic carbocycles. The summed E-state index contributed by atoms with van der Waals surface area (Å²) >= 11 is 0. The van der Waals surface area contributed by atoms with Crippen LogP contribution in [0.5, 0.6) is 0 Å². The van der Waals surface area contributed by atoms with Crippen LogP contribution in [-0.4, -0.2) is 18.4 Å². The smallest absolute Gasteiger partial charge is 0.271 e. The Morgan fingerprint density at radius 1 is 1.37 bits per heavy atom. The van der Waals surface area contributed by atoms with Crippen LogP contribution in [0.15, 0.2) is 24.3 Å². The predicted molar refractivity (Wildman–Crippen MR) is 71.4 cm³/mol. The highest BCUT2D eigenvalue weighted by Crippen LogP contribution is 2.38. The maximum absolute atomic E-state index is 12.1. The number of carbonyl (C=O) groups is 2. The van der Waals surface area contributed by atoms with Gasteiger partial charge in [-0.1, -0.05) is 38.0 Å². The molecular formula is C14H18N2O3. The first-order chi connectivity index (χ1) is 9.13. The molecule has 0 saturated carbocycles. The first-order valence-electron chi connectivity index (χ1n) is 6.47. The number of carbonyl (C=O) groups excluding carboxylic acids is 2. The molecule has 0 aromatic heterocycles. The lowest BCUT2D eigenvalue weighted by Crippen LogP contribution is -2.49. The van der Waals surface area contributed by atoms with Gasteiger partial charge in [0.05, 0.1) is 0 Å². The lowest BCUT2D eigenvalue weighted by atomic mass is 9.94. The number of rotatable bonds is 6. The number of nitrogens with one attached hydrogen (secondary N) is 1. The van der Waals surface area contributed by atoms with Crippen LogP contribution in [0.1, 0.15) is 31.7 Å². The summed E-state index contributed by atoms with van der Waals surface area (Å²) in [4.78, 5) is 23.9. The third-order valence-corrected chi connectivity index (χ3v) is 3.29. The van der Waals surface area contributed by atoms with Crippen molar-refractivity contribution in [3.05, 3.63) is 29.8 Å². The molecule has 2 rings (SSSR count). The zero-order valence-electron chi connectivity index (χ0n) is 10.9. The standard InChI is InChI=1S/C14H18N2O3/c1-2-3-6-9-19-14(12(15)17)10-7-4-5-8-11(10)16-13(14)18/h4-5,7-8H,2-3,6,9H2,1H3,(H2,15,17)(H,16,18). The summed E-state index contributed by atoms with van der Waals surface area (Å²) in [5, 5.41) is 2.65. The van der Waals surface area contributed by atoms with Gasteiger partial charge in [-0.2, -0.15) is 0 Å². The largest absolute Gasteiger partial charge is 0.366 e. The summed E-state index contributed by atoms with van der Waals surface area (Å²) in [6.45, 7) is 2.40. The van der Waals surface area contributed by atoms with Crippen molar-refractivity contribution in [1.82, 2.24) is 0 Å². The molecule has 1 aliphatic heterocycles. The van der Waals surface area contributed by atoms with Crippen LogP contribution in [0.4, 0.5) is 5.69 Å². The molecule has 19 heavy (non-hydrogen) atoms. The van der Waals surface area contributed by atoms with Crippen molar-refractivity contribution in [1.29, 1.82) is 0 Å². The molecule has 1 unspecified atom stereocenters. The lowest BCUT2D eigenvalue weighted by Gasteiger charge is -2.24. The third kappa shape index (κ3) is 2.21. The van der Waals surface area contributed by atoms with E-state index in [-0.39, 0.29) is 0 Å². The van der Waals surface area contributed by atoms with Gasteiger partial charge in [0, 0.05) is 17.9 Å². The maximum Gasteiger partial charge on any atom is 0.271 e. The summed E-state index contributed by atoms with van der Waals surface area (Å²) < 4.78 is 5.61. The average molecular weight is 262 g/mol. The molecule has 3 N–H and O–H groups in total. The minimum Gasteiger partial charge on any atom is -0.366 e. The van der Waals surface area contributed by atoms with E-state index in [2.05, 4.69) is 12.2 Å². The summed E-state index contributed by atoms with van der Waals surface area (Å²) in [5.74, 6) is -1.27. The number of anilines is 1. The van der Waals surface area contributed by atoms with Crippen LogP contribution in [0.25, 0.3) is 0 Å². The molecule has 0 saturated heterocycles. The second kappa shape index (κ2) is 5.40. The Kier molecular flexibility index (Phi) is 3.85. The Hall–Kier alpha value is -1.88. The fourth-order valence-corrected chi connectivity index (χ4v) is 2.27. The molecule has 0 bridgehead atoms. The minimum atomic E-state index is -1.68. The minimum absolute atomic E-state index is 0.332. The molecule has 1 aromatic rings. The van der Waals surface area contributed by atoms with E-state index in [1.165, 1.54) is 0 Å². The fourth-order valence-electron chi connectivity index (χ4n) is 2.27. The quantitative estimate of drug-likeness (QED) is 0.602. The van der Waals surface area contributed by atoms with Crippen molar-refractivity contribution < 1.29 is 14.3 Å². The Balaban J connectivity index is 2.29. The van der Waals surface area contributed by atoms with E-state index in [0.717, 1.165) is 19.3 Å². The molecule has 1 atom stereocenters. The Bertz CT molecular complexity index is 501. The highest BCUT2D eigenvalue weighted by atomic mass is 16.5. The topological polar surface area (TPSA) is 81.4 Å². The first kappa shape index (κ1) is 13.5. The van der Waals surface area contributed by atoms with Gasteiger partial charge in [-0.3, -0.25) is 9.59 Å². The molecule has 5 nitrogen and oxygen atoms in total. The highest BCUT2D eigenvalue weighted by Gasteiger charge is 2.53. The van der Waals surface area contributed by atoms with Crippen molar-refractivity contribution in [3.8, 4) is 0 Å². The van der Waals surface area contributed by atoms with Gasteiger partial charge in [0.1, 0.15) is 0 Å². The predicted octanol–water partition coefficient (Wildman–Crippen LogP) is 1.53. The number of hydrogen-bond donors (Lipinski definition) is 2. The highest BCUT2D eigenvalue weighted by molar-refractivity contribution is 6.18. The molecule has 1 aliphatic rings.